The van der Waals surface area contributed by atoms with Gasteiger partial charge in [0.1, 0.15) is 4.90 Å². The average molecular weight is 395 g/mol. The van der Waals surface area contributed by atoms with Crippen LogP contribution in [0.4, 0.5) is 5.13 Å². The molecule has 1 N–H and O–H groups in total. The van der Waals surface area contributed by atoms with E-state index in [1.807, 2.05) is 35.7 Å². The maximum Gasteiger partial charge on any atom is 0.264 e. The van der Waals surface area contributed by atoms with E-state index in [1.165, 1.54) is 17.4 Å². The van der Waals surface area contributed by atoms with Crippen molar-refractivity contribution in [3.63, 3.8) is 0 Å². The lowest BCUT2D eigenvalue weighted by Gasteiger charge is -2.06. The van der Waals surface area contributed by atoms with Crippen molar-refractivity contribution in [1.82, 2.24) is 4.98 Å². The van der Waals surface area contributed by atoms with E-state index in [2.05, 4.69) is 25.6 Å². The average Bonchev–Trinajstić information content (AvgIpc) is 2.96. The summed E-state index contributed by atoms with van der Waals surface area (Å²) >= 11 is 4.51. The molecule has 0 saturated heterocycles. The van der Waals surface area contributed by atoms with Crippen molar-refractivity contribution in [1.29, 1.82) is 0 Å². The lowest BCUT2D eigenvalue weighted by atomic mass is 10.2. The third-order valence-electron chi connectivity index (χ3n) is 2.92. The van der Waals surface area contributed by atoms with E-state index in [0.29, 0.717) is 9.60 Å². The summed E-state index contributed by atoms with van der Waals surface area (Å²) in [6.45, 7) is 0. The number of benzene rings is 2. The Bertz CT molecular complexity index is 893. The van der Waals surface area contributed by atoms with Crippen LogP contribution in [0, 0.1) is 0 Å². The Morgan fingerprint density at radius 2 is 1.68 bits per heavy atom. The predicted molar refractivity (Wildman–Crippen MR) is 92.5 cm³/mol. The molecule has 0 saturated carbocycles. The fourth-order valence-corrected chi connectivity index (χ4v) is 4.87. The quantitative estimate of drug-likeness (QED) is 0.714. The molecule has 0 aliphatic rings. The Kier molecular flexibility index (Phi) is 4.28. The fourth-order valence-electron chi connectivity index (χ4n) is 1.89. The van der Waals surface area contributed by atoms with E-state index in [1.54, 1.807) is 18.2 Å². The number of aromatic nitrogens is 1. The van der Waals surface area contributed by atoms with Gasteiger partial charge in [0.2, 0.25) is 0 Å². The minimum Gasteiger partial charge on any atom is -0.255 e. The van der Waals surface area contributed by atoms with Gasteiger partial charge in [-0.15, -0.1) is 11.3 Å². The standard InChI is InChI=1S/C15H11BrN2O2S2/c16-12-8-4-5-9-14(12)22(19,20)18-15-17-13(10-21-15)11-6-2-1-3-7-11/h1-10H,(H,17,18). The Morgan fingerprint density at radius 3 is 2.41 bits per heavy atom. The number of rotatable bonds is 4. The van der Waals surface area contributed by atoms with Gasteiger partial charge in [-0.3, -0.25) is 4.72 Å². The topological polar surface area (TPSA) is 59.1 Å². The first-order valence-corrected chi connectivity index (χ1v) is 9.50. The molecule has 1 aromatic heterocycles. The van der Waals surface area contributed by atoms with Gasteiger partial charge in [-0.05, 0) is 28.1 Å². The number of hydrogen-bond acceptors (Lipinski definition) is 4. The van der Waals surface area contributed by atoms with Crippen LogP contribution in [-0.2, 0) is 10.0 Å². The summed E-state index contributed by atoms with van der Waals surface area (Å²) in [5, 5.41) is 2.17. The van der Waals surface area contributed by atoms with Gasteiger partial charge in [0.15, 0.2) is 5.13 Å². The van der Waals surface area contributed by atoms with Crippen molar-refractivity contribution in [3.8, 4) is 11.3 Å². The van der Waals surface area contributed by atoms with E-state index in [0.717, 1.165) is 11.3 Å². The first kappa shape index (κ1) is 15.2. The molecular weight excluding hydrogens is 384 g/mol. The van der Waals surface area contributed by atoms with Crippen LogP contribution in [0.2, 0.25) is 0 Å². The molecule has 112 valence electrons. The molecule has 7 heteroatoms. The molecule has 0 bridgehead atoms. The van der Waals surface area contributed by atoms with Gasteiger partial charge in [-0.1, -0.05) is 42.5 Å². The number of halogens is 1. The Hall–Kier alpha value is -1.70. The van der Waals surface area contributed by atoms with Crippen LogP contribution in [0.3, 0.4) is 0 Å². The zero-order valence-corrected chi connectivity index (χ0v) is 14.5. The summed E-state index contributed by atoms with van der Waals surface area (Å²) in [6, 6.07) is 16.3. The largest absolute Gasteiger partial charge is 0.264 e. The summed E-state index contributed by atoms with van der Waals surface area (Å²) in [5.74, 6) is 0. The molecule has 1 heterocycles. The monoisotopic (exact) mass is 394 g/mol. The Labute approximate surface area is 141 Å². The first-order chi connectivity index (χ1) is 10.6. The van der Waals surface area contributed by atoms with Crippen molar-refractivity contribution in [2.24, 2.45) is 0 Å². The van der Waals surface area contributed by atoms with Crippen LogP contribution in [0.5, 0.6) is 0 Å². The lowest BCUT2D eigenvalue weighted by molar-refractivity contribution is 0.600. The van der Waals surface area contributed by atoms with Crippen LogP contribution in [-0.4, -0.2) is 13.4 Å². The normalized spacial score (nSPS) is 11.3. The maximum absolute atomic E-state index is 12.4. The number of nitrogens with one attached hydrogen (secondary N) is 1. The van der Waals surface area contributed by atoms with E-state index >= 15 is 0 Å². The van der Waals surface area contributed by atoms with E-state index in [9.17, 15) is 8.42 Å². The third kappa shape index (κ3) is 3.21. The Balaban J connectivity index is 1.88. The van der Waals surface area contributed by atoms with Crippen LogP contribution < -0.4 is 4.72 Å². The molecule has 0 radical (unpaired) electrons. The van der Waals surface area contributed by atoms with Crippen molar-refractivity contribution < 1.29 is 8.42 Å². The van der Waals surface area contributed by atoms with Crippen LogP contribution in [0.15, 0.2) is 69.3 Å². The van der Waals surface area contributed by atoms with Gasteiger partial charge in [-0.25, -0.2) is 13.4 Å². The van der Waals surface area contributed by atoms with Crippen molar-refractivity contribution in [3.05, 3.63) is 64.5 Å². The minimum absolute atomic E-state index is 0.187. The highest BCUT2D eigenvalue weighted by Crippen LogP contribution is 2.28. The first-order valence-electron chi connectivity index (χ1n) is 6.34. The molecule has 0 fully saturated rings. The van der Waals surface area contributed by atoms with Crippen LogP contribution in [0.1, 0.15) is 0 Å². The molecule has 3 aromatic rings. The second-order valence-electron chi connectivity index (χ2n) is 4.44. The zero-order chi connectivity index (χ0) is 15.6. The summed E-state index contributed by atoms with van der Waals surface area (Å²) in [7, 11) is -3.66. The predicted octanol–water partition coefficient (Wildman–Crippen LogP) is 4.37. The van der Waals surface area contributed by atoms with Gasteiger partial charge in [0.25, 0.3) is 10.0 Å². The summed E-state index contributed by atoms with van der Waals surface area (Å²) < 4.78 is 27.8. The SMILES string of the molecule is O=S(=O)(Nc1nc(-c2ccccc2)cs1)c1ccccc1Br. The lowest BCUT2D eigenvalue weighted by Crippen LogP contribution is -2.13. The summed E-state index contributed by atoms with van der Waals surface area (Å²) in [6.07, 6.45) is 0. The molecule has 0 amide bonds. The van der Waals surface area contributed by atoms with Gasteiger partial charge in [0.05, 0.1) is 5.69 Å². The van der Waals surface area contributed by atoms with Crippen LogP contribution >= 0.6 is 27.3 Å². The maximum atomic E-state index is 12.4. The van der Waals surface area contributed by atoms with E-state index in [-0.39, 0.29) is 4.90 Å². The fraction of sp³-hybridized carbons (Fsp3) is 0. The number of sulfonamides is 1. The molecular formula is C15H11BrN2O2S2. The number of hydrogen-bond donors (Lipinski definition) is 1. The van der Waals surface area contributed by atoms with Gasteiger partial charge < -0.3 is 0 Å². The van der Waals surface area contributed by atoms with Gasteiger partial charge in [-0.2, -0.15) is 0 Å². The third-order valence-corrected chi connectivity index (χ3v) is 6.16. The zero-order valence-electron chi connectivity index (χ0n) is 11.2. The molecule has 3 rings (SSSR count). The second kappa shape index (κ2) is 6.20. The molecule has 0 spiro atoms. The minimum atomic E-state index is -3.66. The van der Waals surface area contributed by atoms with Crippen molar-refractivity contribution in [2.45, 2.75) is 4.90 Å². The molecule has 0 aliphatic heterocycles. The highest BCUT2D eigenvalue weighted by molar-refractivity contribution is 9.10. The van der Waals surface area contributed by atoms with Crippen molar-refractivity contribution >= 4 is 42.4 Å². The van der Waals surface area contributed by atoms with Crippen LogP contribution in [0.25, 0.3) is 11.3 Å². The highest BCUT2D eigenvalue weighted by atomic mass is 79.9. The van der Waals surface area contributed by atoms with E-state index < -0.39 is 10.0 Å². The smallest absolute Gasteiger partial charge is 0.255 e. The number of anilines is 1. The molecule has 22 heavy (non-hydrogen) atoms. The molecule has 0 aliphatic carbocycles. The van der Waals surface area contributed by atoms with Gasteiger partial charge in [0, 0.05) is 15.4 Å². The molecule has 4 nitrogen and oxygen atoms in total. The molecule has 0 atom stereocenters. The summed E-state index contributed by atoms with van der Waals surface area (Å²) in [5.41, 5.74) is 1.69. The number of nitrogens with zero attached hydrogens (tertiary/aromatic N) is 1. The summed E-state index contributed by atoms with van der Waals surface area (Å²) in [4.78, 5) is 4.52. The highest BCUT2D eigenvalue weighted by Gasteiger charge is 2.18. The molecule has 0 unspecified atom stereocenters. The second-order valence-corrected chi connectivity index (χ2v) is 7.80. The molecule has 2 aromatic carbocycles. The Morgan fingerprint density at radius 1 is 1.00 bits per heavy atom. The van der Waals surface area contributed by atoms with Gasteiger partial charge >= 0.3 is 0 Å². The van der Waals surface area contributed by atoms with E-state index in [4.69, 9.17) is 0 Å². The van der Waals surface area contributed by atoms with Crippen molar-refractivity contribution in [2.75, 3.05) is 4.72 Å². The number of thiazole rings is 1.